The number of aliphatic hydroxyl groups is 1. The first kappa shape index (κ1) is 16.7. The minimum atomic E-state index is -3.67. The average molecular weight is 320 g/mol. The first-order chi connectivity index (χ1) is 9.78. The highest BCUT2D eigenvalue weighted by molar-refractivity contribution is 7.86. The fraction of sp³-hybridized carbons (Fsp3) is 0.923. The van der Waals surface area contributed by atoms with Gasteiger partial charge in [-0.05, 0) is 39.5 Å². The zero-order valence-corrected chi connectivity index (χ0v) is 13.4. The van der Waals surface area contributed by atoms with Crippen LogP contribution in [0.2, 0.25) is 0 Å². The van der Waals surface area contributed by atoms with Crippen LogP contribution < -0.4 is 0 Å². The highest BCUT2D eigenvalue weighted by atomic mass is 32.2. The number of nitrogens with zero attached hydrogens (tertiary/aromatic N) is 2. The summed E-state index contributed by atoms with van der Waals surface area (Å²) in [7, 11) is -3.67. The Morgan fingerprint density at radius 1 is 1.33 bits per heavy atom. The molecule has 0 aliphatic carbocycles. The van der Waals surface area contributed by atoms with Crippen LogP contribution in [0, 0.1) is 0 Å². The van der Waals surface area contributed by atoms with Crippen molar-refractivity contribution in [3.05, 3.63) is 0 Å². The predicted molar refractivity (Wildman–Crippen MR) is 76.7 cm³/mol. The van der Waals surface area contributed by atoms with Crippen molar-refractivity contribution in [3.8, 4) is 0 Å². The Labute approximate surface area is 126 Å². The molecule has 0 spiro atoms. The second-order valence-electron chi connectivity index (χ2n) is 5.92. The molecule has 7 nitrogen and oxygen atoms in total. The second-order valence-corrected chi connectivity index (χ2v) is 7.81. The zero-order chi connectivity index (χ0) is 15.7. The first-order valence-corrected chi connectivity index (χ1v) is 8.83. The molecule has 0 aromatic carbocycles. The molecular formula is C13H24N2O5S. The highest BCUT2D eigenvalue weighted by Gasteiger charge is 2.44. The van der Waals surface area contributed by atoms with Crippen molar-refractivity contribution in [1.82, 2.24) is 8.61 Å². The van der Waals surface area contributed by atoms with Gasteiger partial charge in [0, 0.05) is 19.6 Å². The van der Waals surface area contributed by atoms with Crippen molar-refractivity contribution in [3.63, 3.8) is 0 Å². The Kier molecular flexibility index (Phi) is 4.92. The molecule has 1 unspecified atom stereocenters. The minimum Gasteiger partial charge on any atom is -0.465 e. The number of carbonyl (C=O) groups excluding carboxylic acids is 1. The summed E-state index contributed by atoms with van der Waals surface area (Å²) in [6, 6.07) is -0.711. The Balaban J connectivity index is 2.10. The van der Waals surface area contributed by atoms with Gasteiger partial charge in [0.05, 0.1) is 12.2 Å². The van der Waals surface area contributed by atoms with Gasteiger partial charge in [0.25, 0.3) is 10.2 Å². The number of carbonyl (C=O) groups is 1. The lowest BCUT2D eigenvalue weighted by molar-refractivity contribution is -0.147. The van der Waals surface area contributed by atoms with E-state index < -0.39 is 27.8 Å². The fourth-order valence-corrected chi connectivity index (χ4v) is 4.65. The van der Waals surface area contributed by atoms with Gasteiger partial charge < -0.3 is 9.84 Å². The van der Waals surface area contributed by atoms with Crippen molar-refractivity contribution in [1.29, 1.82) is 0 Å². The standard InChI is InChI=1S/C13H24N2O5S/c1-3-20-12(16)11-5-4-8-15(11)21(18,19)14-9-6-13(2,17)7-10-14/h11,17H,3-10H2,1-2H3. The summed E-state index contributed by atoms with van der Waals surface area (Å²) in [4.78, 5) is 11.9. The quantitative estimate of drug-likeness (QED) is 0.743. The maximum absolute atomic E-state index is 12.7. The summed E-state index contributed by atoms with van der Waals surface area (Å²) in [6.07, 6.45) is 1.98. The number of esters is 1. The summed E-state index contributed by atoms with van der Waals surface area (Å²) in [6.45, 7) is 4.57. The fourth-order valence-electron chi connectivity index (χ4n) is 2.84. The van der Waals surface area contributed by atoms with Gasteiger partial charge >= 0.3 is 5.97 Å². The van der Waals surface area contributed by atoms with Gasteiger partial charge in [-0.3, -0.25) is 4.79 Å². The van der Waals surface area contributed by atoms with Crippen LogP contribution in [0.5, 0.6) is 0 Å². The predicted octanol–water partition coefficient (Wildman–Crippen LogP) is 0.106. The molecule has 2 aliphatic rings. The summed E-state index contributed by atoms with van der Waals surface area (Å²) in [5.74, 6) is -0.470. The Morgan fingerprint density at radius 2 is 1.95 bits per heavy atom. The smallest absolute Gasteiger partial charge is 0.324 e. The Bertz CT molecular complexity index is 481. The molecule has 2 heterocycles. The highest BCUT2D eigenvalue weighted by Crippen LogP contribution is 2.28. The van der Waals surface area contributed by atoms with Crippen LogP contribution in [-0.4, -0.2) is 66.0 Å². The van der Waals surface area contributed by atoms with Gasteiger partial charge in [-0.15, -0.1) is 0 Å². The Morgan fingerprint density at radius 3 is 2.52 bits per heavy atom. The molecule has 8 heteroatoms. The summed E-state index contributed by atoms with van der Waals surface area (Å²) < 4.78 is 32.9. The SMILES string of the molecule is CCOC(=O)C1CCCN1S(=O)(=O)N1CCC(C)(O)CC1. The zero-order valence-electron chi connectivity index (χ0n) is 12.6. The number of rotatable bonds is 4. The molecule has 0 aromatic heterocycles. The van der Waals surface area contributed by atoms with Crippen LogP contribution >= 0.6 is 0 Å². The van der Waals surface area contributed by atoms with Crippen LogP contribution in [0.15, 0.2) is 0 Å². The van der Waals surface area contributed by atoms with Crippen molar-refractivity contribution in [2.24, 2.45) is 0 Å². The lowest BCUT2D eigenvalue weighted by Crippen LogP contribution is -2.53. The topological polar surface area (TPSA) is 87.2 Å². The van der Waals surface area contributed by atoms with Crippen molar-refractivity contribution in [2.45, 2.75) is 51.2 Å². The molecule has 2 fully saturated rings. The lowest BCUT2D eigenvalue weighted by Gasteiger charge is -2.37. The third kappa shape index (κ3) is 3.56. The van der Waals surface area contributed by atoms with E-state index in [0.29, 0.717) is 32.2 Å². The van der Waals surface area contributed by atoms with Gasteiger partial charge in [-0.2, -0.15) is 17.0 Å². The van der Waals surface area contributed by atoms with Crippen molar-refractivity contribution >= 4 is 16.2 Å². The van der Waals surface area contributed by atoms with Gasteiger partial charge in [0.2, 0.25) is 0 Å². The van der Waals surface area contributed by atoms with Gasteiger partial charge in [-0.1, -0.05) is 0 Å². The van der Waals surface area contributed by atoms with E-state index in [0.717, 1.165) is 0 Å². The van der Waals surface area contributed by atoms with E-state index in [-0.39, 0.29) is 19.7 Å². The maximum Gasteiger partial charge on any atom is 0.324 e. The van der Waals surface area contributed by atoms with Crippen LogP contribution in [0.1, 0.15) is 39.5 Å². The molecule has 1 atom stereocenters. The van der Waals surface area contributed by atoms with E-state index in [1.165, 1.54) is 8.61 Å². The van der Waals surface area contributed by atoms with Crippen molar-refractivity contribution in [2.75, 3.05) is 26.2 Å². The first-order valence-electron chi connectivity index (χ1n) is 7.44. The average Bonchev–Trinajstić information content (AvgIpc) is 2.88. The third-order valence-electron chi connectivity index (χ3n) is 4.18. The second kappa shape index (κ2) is 6.20. The van der Waals surface area contributed by atoms with E-state index in [1.807, 2.05) is 0 Å². The van der Waals surface area contributed by atoms with Crippen LogP contribution in [-0.2, 0) is 19.7 Å². The normalized spacial score (nSPS) is 27.7. The number of hydrogen-bond donors (Lipinski definition) is 1. The summed E-state index contributed by atoms with van der Waals surface area (Å²) in [5.41, 5.74) is -0.808. The van der Waals surface area contributed by atoms with Gasteiger partial charge in [0.15, 0.2) is 0 Å². The molecule has 1 N–H and O–H groups in total. The minimum absolute atomic E-state index is 0.246. The molecule has 0 radical (unpaired) electrons. The van der Waals surface area contributed by atoms with Gasteiger partial charge in [0.1, 0.15) is 6.04 Å². The number of ether oxygens (including phenoxy) is 1. The largest absolute Gasteiger partial charge is 0.465 e. The summed E-state index contributed by atoms with van der Waals surface area (Å²) in [5, 5.41) is 9.92. The monoisotopic (exact) mass is 320 g/mol. The number of piperidine rings is 1. The summed E-state index contributed by atoms with van der Waals surface area (Å²) >= 11 is 0. The van der Waals surface area contributed by atoms with Crippen molar-refractivity contribution < 1.29 is 23.1 Å². The lowest BCUT2D eigenvalue weighted by atomic mass is 9.95. The van der Waals surface area contributed by atoms with E-state index in [2.05, 4.69) is 0 Å². The third-order valence-corrected chi connectivity index (χ3v) is 6.23. The molecule has 0 bridgehead atoms. The van der Waals surface area contributed by atoms with E-state index in [9.17, 15) is 18.3 Å². The maximum atomic E-state index is 12.7. The molecule has 0 saturated carbocycles. The Hall–Kier alpha value is -0.700. The number of hydrogen-bond acceptors (Lipinski definition) is 5. The van der Waals surface area contributed by atoms with Crippen LogP contribution in [0.3, 0.4) is 0 Å². The molecule has 21 heavy (non-hydrogen) atoms. The van der Waals surface area contributed by atoms with E-state index >= 15 is 0 Å². The van der Waals surface area contributed by atoms with E-state index in [4.69, 9.17) is 4.74 Å². The molecular weight excluding hydrogens is 296 g/mol. The molecule has 2 saturated heterocycles. The molecule has 122 valence electrons. The van der Waals surface area contributed by atoms with Crippen LogP contribution in [0.4, 0.5) is 0 Å². The molecule has 0 aromatic rings. The molecule has 2 rings (SSSR count). The van der Waals surface area contributed by atoms with Crippen LogP contribution in [0.25, 0.3) is 0 Å². The van der Waals surface area contributed by atoms with E-state index in [1.54, 1.807) is 13.8 Å². The van der Waals surface area contributed by atoms with Gasteiger partial charge in [-0.25, -0.2) is 0 Å². The molecule has 0 amide bonds. The molecule has 2 aliphatic heterocycles.